The summed E-state index contributed by atoms with van der Waals surface area (Å²) in [5, 5.41) is 0. The van der Waals surface area contributed by atoms with Crippen molar-refractivity contribution >= 4 is 6.41 Å². The van der Waals surface area contributed by atoms with Gasteiger partial charge in [-0.25, -0.2) is 8.78 Å². The quantitative estimate of drug-likeness (QED) is 0.522. The van der Waals surface area contributed by atoms with Crippen LogP contribution in [0.5, 0.6) is 0 Å². The van der Waals surface area contributed by atoms with Gasteiger partial charge in [0.2, 0.25) is 12.3 Å². The molecule has 0 aromatic rings. The molecule has 0 aromatic carbocycles. The molecule has 0 radical (unpaired) electrons. The Labute approximate surface area is 63.2 Å². The Morgan fingerprint density at radius 2 is 1.82 bits per heavy atom. The predicted molar refractivity (Wildman–Crippen MR) is 34.3 cm³/mol. The zero-order chi connectivity index (χ0) is 8.11. The Bertz CT molecular complexity index is 189. The first kappa shape index (κ1) is 7.00. The number of alkyl halides is 2. The predicted octanol–water partition coefficient (Wildman–Crippen LogP) is 0.874. The molecule has 1 spiro atoms. The lowest BCUT2D eigenvalue weighted by molar-refractivity contribution is -0.210. The van der Waals surface area contributed by atoms with Gasteiger partial charge >= 0.3 is 0 Å². The molecule has 0 N–H and O–H groups in total. The van der Waals surface area contributed by atoms with Crippen LogP contribution in [0, 0.1) is 5.41 Å². The summed E-state index contributed by atoms with van der Waals surface area (Å²) in [5.74, 6) is -2.45. The highest BCUT2D eigenvalue weighted by Crippen LogP contribution is 2.56. The van der Waals surface area contributed by atoms with Gasteiger partial charge < -0.3 is 4.90 Å². The van der Waals surface area contributed by atoms with Crippen molar-refractivity contribution in [2.24, 2.45) is 5.41 Å². The monoisotopic (exact) mass is 161 g/mol. The average Bonchev–Trinajstić information content (AvgIpc) is 1.75. The fraction of sp³-hybridized carbons (Fsp3) is 0.857. The summed E-state index contributed by atoms with van der Waals surface area (Å²) >= 11 is 0. The van der Waals surface area contributed by atoms with E-state index >= 15 is 0 Å². The van der Waals surface area contributed by atoms with E-state index in [-0.39, 0.29) is 18.3 Å². The highest BCUT2D eigenvalue weighted by Gasteiger charge is 2.61. The third kappa shape index (κ3) is 0.921. The van der Waals surface area contributed by atoms with Gasteiger partial charge in [0.15, 0.2) is 0 Å². The molecule has 1 aliphatic heterocycles. The van der Waals surface area contributed by atoms with Crippen molar-refractivity contribution in [3.63, 3.8) is 0 Å². The molecule has 1 saturated carbocycles. The van der Waals surface area contributed by atoms with Crippen LogP contribution in [0.1, 0.15) is 12.8 Å². The third-order valence-corrected chi connectivity index (χ3v) is 2.49. The van der Waals surface area contributed by atoms with Crippen LogP contribution in [-0.4, -0.2) is 30.3 Å². The average molecular weight is 161 g/mol. The summed E-state index contributed by atoms with van der Waals surface area (Å²) in [7, 11) is 0. The number of amides is 1. The van der Waals surface area contributed by atoms with Crippen LogP contribution in [-0.2, 0) is 4.79 Å². The number of nitrogens with zero attached hydrogens (tertiary/aromatic N) is 1. The lowest BCUT2D eigenvalue weighted by Crippen LogP contribution is -2.65. The smallest absolute Gasteiger partial charge is 0.249 e. The van der Waals surface area contributed by atoms with Crippen LogP contribution in [0.3, 0.4) is 0 Å². The van der Waals surface area contributed by atoms with Crippen molar-refractivity contribution in [1.29, 1.82) is 0 Å². The van der Waals surface area contributed by atoms with Crippen LogP contribution in [0.15, 0.2) is 0 Å². The van der Waals surface area contributed by atoms with Gasteiger partial charge in [-0.05, 0) is 0 Å². The summed E-state index contributed by atoms with van der Waals surface area (Å²) in [4.78, 5) is 11.7. The third-order valence-electron chi connectivity index (χ3n) is 2.49. The number of likely N-dealkylation sites (tertiary alicyclic amines) is 1. The van der Waals surface area contributed by atoms with Gasteiger partial charge in [-0.15, -0.1) is 0 Å². The zero-order valence-electron chi connectivity index (χ0n) is 6.02. The van der Waals surface area contributed by atoms with Gasteiger partial charge in [0, 0.05) is 31.3 Å². The van der Waals surface area contributed by atoms with E-state index in [9.17, 15) is 13.6 Å². The van der Waals surface area contributed by atoms with Gasteiger partial charge in [-0.3, -0.25) is 4.79 Å². The number of hydrogen-bond acceptors (Lipinski definition) is 1. The SMILES string of the molecule is O=CN1CC2(C1)CC(F)(F)C2. The first-order valence-electron chi connectivity index (χ1n) is 3.63. The molecular weight excluding hydrogens is 152 g/mol. The molecule has 0 bridgehead atoms. The van der Waals surface area contributed by atoms with E-state index < -0.39 is 5.92 Å². The van der Waals surface area contributed by atoms with E-state index in [1.165, 1.54) is 4.90 Å². The van der Waals surface area contributed by atoms with Crippen molar-refractivity contribution in [2.75, 3.05) is 13.1 Å². The molecule has 0 aromatic heterocycles. The maximum Gasteiger partial charge on any atom is 0.249 e. The second-order valence-electron chi connectivity index (χ2n) is 3.72. The molecule has 11 heavy (non-hydrogen) atoms. The van der Waals surface area contributed by atoms with Crippen LogP contribution < -0.4 is 0 Å². The molecule has 4 heteroatoms. The second kappa shape index (κ2) is 1.73. The number of hydrogen-bond donors (Lipinski definition) is 0. The first-order valence-corrected chi connectivity index (χ1v) is 3.63. The molecule has 2 aliphatic rings. The molecule has 1 heterocycles. The standard InChI is InChI=1S/C7H9F2NO/c8-7(9)1-6(2-7)3-10(4-6)5-11/h5H,1-4H2. The minimum atomic E-state index is -2.45. The van der Waals surface area contributed by atoms with E-state index in [0.29, 0.717) is 13.1 Å². The second-order valence-corrected chi connectivity index (χ2v) is 3.72. The molecule has 1 amide bonds. The topological polar surface area (TPSA) is 20.3 Å². The molecule has 1 saturated heterocycles. The molecule has 0 atom stereocenters. The molecule has 2 nitrogen and oxygen atoms in total. The molecule has 1 aliphatic carbocycles. The van der Waals surface area contributed by atoms with Crippen molar-refractivity contribution in [3.8, 4) is 0 Å². The van der Waals surface area contributed by atoms with E-state index in [0.717, 1.165) is 6.41 Å². The minimum absolute atomic E-state index is 0.0235. The Hall–Kier alpha value is -0.670. The van der Waals surface area contributed by atoms with E-state index in [2.05, 4.69) is 0 Å². The Morgan fingerprint density at radius 1 is 1.27 bits per heavy atom. The first-order chi connectivity index (χ1) is 5.05. The number of carbonyl (C=O) groups is 1. The van der Waals surface area contributed by atoms with Gasteiger partial charge in [0.25, 0.3) is 0 Å². The number of carbonyl (C=O) groups excluding carboxylic acids is 1. The number of halogens is 2. The molecule has 62 valence electrons. The van der Waals surface area contributed by atoms with Crippen molar-refractivity contribution < 1.29 is 13.6 Å². The zero-order valence-corrected chi connectivity index (χ0v) is 6.02. The highest BCUT2D eigenvalue weighted by atomic mass is 19.3. The van der Waals surface area contributed by atoms with Crippen molar-refractivity contribution in [3.05, 3.63) is 0 Å². The van der Waals surface area contributed by atoms with Crippen LogP contribution in [0.4, 0.5) is 8.78 Å². The summed E-state index contributed by atoms with van der Waals surface area (Å²) in [6, 6.07) is 0. The molecule has 0 unspecified atom stereocenters. The van der Waals surface area contributed by atoms with Crippen LogP contribution in [0.2, 0.25) is 0 Å². The maximum atomic E-state index is 12.4. The summed E-state index contributed by atoms with van der Waals surface area (Å²) in [6.07, 6.45) is 0.677. The lowest BCUT2D eigenvalue weighted by Gasteiger charge is -2.57. The lowest BCUT2D eigenvalue weighted by atomic mass is 9.61. The van der Waals surface area contributed by atoms with E-state index in [4.69, 9.17) is 0 Å². The highest BCUT2D eigenvalue weighted by molar-refractivity contribution is 5.49. The van der Waals surface area contributed by atoms with Gasteiger partial charge in [-0.2, -0.15) is 0 Å². The Kier molecular flexibility index (Phi) is 1.10. The maximum absolute atomic E-state index is 12.4. The largest absolute Gasteiger partial charge is 0.344 e. The molecule has 2 fully saturated rings. The summed E-state index contributed by atoms with van der Waals surface area (Å²) in [5.41, 5.74) is -0.204. The Morgan fingerprint density at radius 3 is 2.18 bits per heavy atom. The van der Waals surface area contributed by atoms with E-state index in [1.54, 1.807) is 0 Å². The number of rotatable bonds is 1. The van der Waals surface area contributed by atoms with Crippen LogP contribution >= 0.6 is 0 Å². The van der Waals surface area contributed by atoms with Gasteiger partial charge in [0.1, 0.15) is 0 Å². The van der Waals surface area contributed by atoms with E-state index in [1.807, 2.05) is 0 Å². The van der Waals surface area contributed by atoms with Crippen molar-refractivity contribution in [2.45, 2.75) is 18.8 Å². The van der Waals surface area contributed by atoms with Crippen molar-refractivity contribution in [1.82, 2.24) is 4.90 Å². The van der Waals surface area contributed by atoms with Gasteiger partial charge in [0.05, 0.1) is 0 Å². The van der Waals surface area contributed by atoms with Crippen LogP contribution in [0.25, 0.3) is 0 Å². The summed E-state index contributed by atoms with van der Waals surface area (Å²) < 4.78 is 24.8. The molecular formula is C7H9F2NO. The fourth-order valence-corrected chi connectivity index (χ4v) is 2.16. The fourth-order valence-electron chi connectivity index (χ4n) is 2.16. The normalized spacial score (nSPS) is 30.9. The summed E-state index contributed by atoms with van der Waals surface area (Å²) in [6.45, 7) is 1.07. The minimum Gasteiger partial charge on any atom is -0.344 e. The van der Waals surface area contributed by atoms with Gasteiger partial charge in [-0.1, -0.05) is 0 Å². The Balaban J connectivity index is 1.88. The molecule has 2 rings (SSSR count).